The summed E-state index contributed by atoms with van der Waals surface area (Å²) < 4.78 is 25.5. The summed E-state index contributed by atoms with van der Waals surface area (Å²) in [7, 11) is 1.77. The molecule has 1 N–H and O–H groups in total. The summed E-state index contributed by atoms with van der Waals surface area (Å²) in [6, 6.07) is 17.0. The minimum absolute atomic E-state index is 0.0965. The van der Waals surface area contributed by atoms with Crippen molar-refractivity contribution in [3.63, 3.8) is 0 Å². The SMILES string of the molecule is Cn1cc(-c2cn(-c3ccc(OCF)cc3)c(=O)cc2NC(=O)OCc2ccccc2)cn1. The van der Waals surface area contributed by atoms with E-state index in [1.807, 2.05) is 30.3 Å². The summed E-state index contributed by atoms with van der Waals surface area (Å²) in [4.78, 5) is 25.3. The summed E-state index contributed by atoms with van der Waals surface area (Å²) >= 11 is 0. The van der Waals surface area contributed by atoms with Crippen LogP contribution in [-0.4, -0.2) is 27.3 Å². The van der Waals surface area contributed by atoms with Gasteiger partial charge in [-0.2, -0.15) is 5.10 Å². The molecule has 0 spiro atoms. The highest BCUT2D eigenvalue weighted by Crippen LogP contribution is 2.27. The van der Waals surface area contributed by atoms with Gasteiger partial charge >= 0.3 is 6.09 Å². The van der Waals surface area contributed by atoms with Crippen LogP contribution in [0.2, 0.25) is 0 Å². The zero-order valence-electron chi connectivity index (χ0n) is 17.8. The van der Waals surface area contributed by atoms with Crippen LogP contribution in [0.3, 0.4) is 0 Å². The number of aromatic nitrogens is 3. The summed E-state index contributed by atoms with van der Waals surface area (Å²) in [5, 5.41) is 6.84. The molecule has 0 radical (unpaired) electrons. The van der Waals surface area contributed by atoms with Gasteiger partial charge in [-0.15, -0.1) is 0 Å². The third-order valence-electron chi connectivity index (χ3n) is 4.86. The molecule has 4 rings (SSSR count). The third kappa shape index (κ3) is 5.27. The fourth-order valence-electron chi connectivity index (χ4n) is 3.26. The topological polar surface area (TPSA) is 87.4 Å². The quantitative estimate of drug-likeness (QED) is 0.456. The van der Waals surface area contributed by atoms with E-state index in [4.69, 9.17) is 9.47 Å². The summed E-state index contributed by atoms with van der Waals surface area (Å²) in [5.41, 5.74) is 2.58. The Labute approximate surface area is 188 Å². The van der Waals surface area contributed by atoms with Crippen LogP contribution in [0.5, 0.6) is 5.75 Å². The van der Waals surface area contributed by atoms with Crippen LogP contribution in [-0.2, 0) is 18.4 Å². The Hall–Kier alpha value is -4.40. The van der Waals surface area contributed by atoms with Crippen LogP contribution in [0.15, 0.2) is 84.0 Å². The van der Waals surface area contributed by atoms with Crippen molar-refractivity contribution in [2.24, 2.45) is 7.05 Å². The Kier molecular flexibility index (Phi) is 6.49. The van der Waals surface area contributed by atoms with Gasteiger partial charge in [0.2, 0.25) is 6.86 Å². The van der Waals surface area contributed by atoms with E-state index in [-0.39, 0.29) is 12.2 Å². The monoisotopic (exact) mass is 448 g/mol. The van der Waals surface area contributed by atoms with Gasteiger partial charge in [0, 0.05) is 42.3 Å². The van der Waals surface area contributed by atoms with E-state index in [0.717, 1.165) is 5.56 Å². The van der Waals surface area contributed by atoms with Crippen molar-refractivity contribution in [3.8, 4) is 22.6 Å². The molecular weight excluding hydrogens is 427 g/mol. The molecule has 0 atom stereocenters. The molecule has 0 unspecified atom stereocenters. The number of rotatable bonds is 7. The number of hydrogen-bond acceptors (Lipinski definition) is 5. The smallest absolute Gasteiger partial charge is 0.411 e. The van der Waals surface area contributed by atoms with Gasteiger partial charge in [0.1, 0.15) is 12.4 Å². The fraction of sp³-hybridized carbons (Fsp3) is 0.125. The standard InChI is InChI=1S/C24H21FN4O4/c1-28-13-18(12-26-28)21-14-29(19-7-9-20(10-8-19)33-16-25)23(30)11-22(21)27-24(31)32-15-17-5-3-2-4-6-17/h2-14H,15-16H2,1H3,(H,27,31). The normalized spacial score (nSPS) is 10.6. The number of nitrogens with one attached hydrogen (secondary N) is 1. The van der Waals surface area contributed by atoms with E-state index in [0.29, 0.717) is 28.3 Å². The molecule has 2 heterocycles. The Balaban J connectivity index is 1.64. The highest BCUT2D eigenvalue weighted by molar-refractivity contribution is 5.91. The molecule has 8 nitrogen and oxygen atoms in total. The number of ether oxygens (including phenoxy) is 2. The van der Waals surface area contributed by atoms with E-state index >= 15 is 0 Å². The van der Waals surface area contributed by atoms with Gasteiger partial charge in [0.15, 0.2) is 0 Å². The van der Waals surface area contributed by atoms with Crippen LogP contribution in [0.4, 0.5) is 14.9 Å². The fourth-order valence-corrected chi connectivity index (χ4v) is 3.26. The molecule has 4 aromatic rings. The predicted molar refractivity (Wildman–Crippen MR) is 121 cm³/mol. The Bertz CT molecular complexity index is 1300. The van der Waals surface area contributed by atoms with E-state index in [1.54, 1.807) is 54.6 Å². The van der Waals surface area contributed by atoms with Gasteiger partial charge in [0.05, 0.1) is 11.9 Å². The molecule has 33 heavy (non-hydrogen) atoms. The molecule has 0 aliphatic heterocycles. The van der Waals surface area contributed by atoms with Gasteiger partial charge in [0.25, 0.3) is 5.56 Å². The molecule has 0 saturated carbocycles. The number of nitrogens with zero attached hydrogens (tertiary/aromatic N) is 3. The van der Waals surface area contributed by atoms with Gasteiger partial charge in [-0.05, 0) is 29.8 Å². The second kappa shape index (κ2) is 9.82. The minimum atomic E-state index is -0.939. The van der Waals surface area contributed by atoms with Crippen molar-refractivity contribution in [2.45, 2.75) is 6.61 Å². The Morgan fingerprint density at radius 1 is 1.09 bits per heavy atom. The zero-order valence-corrected chi connectivity index (χ0v) is 17.8. The van der Waals surface area contributed by atoms with Crippen molar-refractivity contribution in [1.29, 1.82) is 0 Å². The first-order valence-electron chi connectivity index (χ1n) is 10.1. The van der Waals surface area contributed by atoms with Crippen molar-refractivity contribution >= 4 is 11.8 Å². The highest BCUT2D eigenvalue weighted by Gasteiger charge is 2.15. The maximum Gasteiger partial charge on any atom is 0.411 e. The van der Waals surface area contributed by atoms with Crippen LogP contribution in [0.25, 0.3) is 16.8 Å². The van der Waals surface area contributed by atoms with Gasteiger partial charge in [-0.3, -0.25) is 19.4 Å². The number of alkyl halides is 1. The average Bonchev–Trinajstić information content (AvgIpc) is 3.25. The molecule has 0 fully saturated rings. The first kappa shape index (κ1) is 21.8. The van der Waals surface area contributed by atoms with E-state index in [2.05, 4.69) is 10.4 Å². The number of anilines is 1. The second-order valence-corrected chi connectivity index (χ2v) is 7.15. The summed E-state index contributed by atoms with van der Waals surface area (Å²) in [6.07, 6.45) is 4.32. The summed E-state index contributed by atoms with van der Waals surface area (Å²) in [6.45, 7) is -0.843. The molecule has 2 aromatic carbocycles. The summed E-state index contributed by atoms with van der Waals surface area (Å²) in [5.74, 6) is 0.348. The number of amides is 1. The Morgan fingerprint density at radius 3 is 2.52 bits per heavy atom. The molecule has 0 aliphatic rings. The lowest BCUT2D eigenvalue weighted by molar-refractivity contribution is 0.155. The number of benzene rings is 2. The first-order valence-corrected chi connectivity index (χ1v) is 10.1. The van der Waals surface area contributed by atoms with E-state index < -0.39 is 13.0 Å². The number of pyridine rings is 1. The lowest BCUT2D eigenvalue weighted by atomic mass is 10.1. The lowest BCUT2D eigenvalue weighted by Crippen LogP contribution is -2.21. The second-order valence-electron chi connectivity index (χ2n) is 7.15. The highest BCUT2D eigenvalue weighted by atomic mass is 19.1. The Morgan fingerprint density at radius 2 is 1.85 bits per heavy atom. The van der Waals surface area contributed by atoms with Crippen molar-refractivity contribution in [3.05, 3.63) is 95.2 Å². The maximum absolute atomic E-state index is 12.9. The first-order chi connectivity index (χ1) is 16.0. The van der Waals surface area contributed by atoms with Crippen LogP contribution >= 0.6 is 0 Å². The third-order valence-corrected chi connectivity index (χ3v) is 4.86. The number of aryl methyl sites for hydroxylation is 1. The number of carbonyl (C=O) groups excluding carboxylic acids is 1. The molecular formula is C24H21FN4O4. The average molecular weight is 448 g/mol. The molecule has 2 aromatic heterocycles. The van der Waals surface area contributed by atoms with Gasteiger partial charge < -0.3 is 9.47 Å². The number of halogens is 1. The van der Waals surface area contributed by atoms with Crippen LogP contribution in [0.1, 0.15) is 5.56 Å². The van der Waals surface area contributed by atoms with Crippen molar-refractivity contribution < 1.29 is 18.7 Å². The van der Waals surface area contributed by atoms with Crippen LogP contribution in [0, 0.1) is 0 Å². The zero-order chi connectivity index (χ0) is 23.2. The molecule has 0 aliphatic carbocycles. The van der Waals surface area contributed by atoms with Crippen molar-refractivity contribution in [1.82, 2.24) is 14.3 Å². The van der Waals surface area contributed by atoms with E-state index in [1.165, 1.54) is 10.6 Å². The predicted octanol–water partition coefficient (Wildman–Crippen LogP) is 4.29. The molecule has 9 heteroatoms. The van der Waals surface area contributed by atoms with Gasteiger partial charge in [-0.25, -0.2) is 9.18 Å². The largest absolute Gasteiger partial charge is 0.463 e. The van der Waals surface area contributed by atoms with Crippen LogP contribution < -0.4 is 15.6 Å². The molecule has 0 saturated heterocycles. The van der Waals surface area contributed by atoms with Gasteiger partial charge in [-0.1, -0.05) is 30.3 Å². The van der Waals surface area contributed by atoms with Crippen molar-refractivity contribution in [2.75, 3.05) is 12.2 Å². The molecule has 168 valence electrons. The lowest BCUT2D eigenvalue weighted by Gasteiger charge is -2.14. The number of carbonyl (C=O) groups is 1. The molecule has 0 bridgehead atoms. The minimum Gasteiger partial charge on any atom is -0.463 e. The van der Waals surface area contributed by atoms with E-state index in [9.17, 15) is 14.0 Å². The number of hydrogen-bond donors (Lipinski definition) is 1. The molecule has 1 amide bonds. The maximum atomic E-state index is 12.9.